The van der Waals surface area contributed by atoms with Crippen molar-refractivity contribution in [3.8, 4) is 0 Å². The molecule has 3 rings (SSSR count). The van der Waals surface area contributed by atoms with Gasteiger partial charge < -0.3 is 5.32 Å². The van der Waals surface area contributed by atoms with E-state index in [1.165, 1.54) is 4.31 Å². The number of nitrogens with one attached hydrogen (secondary N) is 1. The summed E-state index contributed by atoms with van der Waals surface area (Å²) in [5, 5.41) is 3.60. The number of amides is 1. The molecule has 2 aromatic carbocycles. The second kappa shape index (κ2) is 9.54. The first-order valence-corrected chi connectivity index (χ1v) is 11.4. The average molecular weight is 421 g/mol. The van der Waals surface area contributed by atoms with E-state index in [0.29, 0.717) is 31.0 Å². The smallest absolute Gasteiger partial charge is 0.243 e. The lowest BCUT2D eigenvalue weighted by Crippen LogP contribution is -2.46. The monoisotopic (exact) mass is 420 g/mol. The molecular weight excluding hydrogens is 396 g/mol. The van der Waals surface area contributed by atoms with Crippen LogP contribution in [-0.4, -0.2) is 37.8 Å². The molecule has 28 heavy (non-hydrogen) atoms. The normalized spacial score (nSPS) is 18.0. The van der Waals surface area contributed by atoms with E-state index in [1.54, 1.807) is 30.3 Å². The summed E-state index contributed by atoms with van der Waals surface area (Å²) in [5.74, 6) is -0.117. The molecule has 0 saturated carbocycles. The molecule has 1 N–H and O–H groups in total. The Balaban J connectivity index is 1.58. The summed E-state index contributed by atoms with van der Waals surface area (Å²) in [6.45, 7) is 0.971. The lowest BCUT2D eigenvalue weighted by Gasteiger charge is -2.34. The first-order chi connectivity index (χ1) is 13.5. The number of hydrogen-bond acceptors (Lipinski definition) is 3. The van der Waals surface area contributed by atoms with Crippen molar-refractivity contribution in [2.24, 2.45) is 0 Å². The van der Waals surface area contributed by atoms with Crippen LogP contribution in [0.5, 0.6) is 0 Å². The highest BCUT2D eigenvalue weighted by atomic mass is 35.5. The fourth-order valence-corrected chi connectivity index (χ4v) is 5.35. The molecule has 1 saturated heterocycles. The van der Waals surface area contributed by atoms with E-state index >= 15 is 0 Å². The molecule has 150 valence electrons. The highest BCUT2D eigenvalue weighted by Gasteiger charge is 2.34. The van der Waals surface area contributed by atoms with Crippen LogP contribution in [0.4, 0.5) is 0 Å². The third-order valence-electron chi connectivity index (χ3n) is 4.99. The maximum Gasteiger partial charge on any atom is 0.243 e. The van der Waals surface area contributed by atoms with Crippen LogP contribution in [0.15, 0.2) is 59.5 Å². The SMILES string of the molecule is O=C(CC1CCCCN1S(=O)(=O)c1ccccc1)NCCc1ccc(Cl)cc1. The van der Waals surface area contributed by atoms with Gasteiger partial charge in [-0.1, -0.05) is 48.4 Å². The minimum Gasteiger partial charge on any atom is -0.356 e. The third-order valence-corrected chi connectivity index (χ3v) is 7.21. The number of rotatable bonds is 7. The van der Waals surface area contributed by atoms with E-state index in [0.717, 1.165) is 18.4 Å². The Morgan fingerprint density at radius 1 is 1.07 bits per heavy atom. The second-order valence-corrected chi connectivity index (χ2v) is 9.34. The molecule has 1 atom stereocenters. The predicted octanol–water partition coefficient (Wildman–Crippen LogP) is 3.63. The third kappa shape index (κ3) is 5.34. The molecule has 2 aromatic rings. The highest BCUT2D eigenvalue weighted by molar-refractivity contribution is 7.89. The molecule has 0 spiro atoms. The predicted molar refractivity (Wildman–Crippen MR) is 111 cm³/mol. The van der Waals surface area contributed by atoms with Gasteiger partial charge in [0.15, 0.2) is 0 Å². The van der Waals surface area contributed by atoms with Crippen molar-refractivity contribution in [2.45, 2.75) is 43.0 Å². The molecule has 0 aromatic heterocycles. The number of sulfonamides is 1. The number of benzene rings is 2. The van der Waals surface area contributed by atoms with E-state index in [-0.39, 0.29) is 23.3 Å². The van der Waals surface area contributed by atoms with Crippen LogP contribution in [0.1, 0.15) is 31.2 Å². The fourth-order valence-electron chi connectivity index (χ4n) is 3.51. The molecule has 0 bridgehead atoms. The van der Waals surface area contributed by atoms with Crippen molar-refractivity contribution < 1.29 is 13.2 Å². The minimum absolute atomic E-state index is 0.117. The van der Waals surface area contributed by atoms with Gasteiger partial charge in [0.1, 0.15) is 0 Å². The Kier molecular flexibility index (Phi) is 7.10. The quantitative estimate of drug-likeness (QED) is 0.743. The van der Waals surface area contributed by atoms with Gasteiger partial charge in [-0.3, -0.25) is 4.79 Å². The van der Waals surface area contributed by atoms with Crippen molar-refractivity contribution in [3.63, 3.8) is 0 Å². The van der Waals surface area contributed by atoms with Crippen LogP contribution in [-0.2, 0) is 21.2 Å². The van der Waals surface area contributed by atoms with Crippen LogP contribution in [0.2, 0.25) is 5.02 Å². The van der Waals surface area contributed by atoms with Gasteiger partial charge in [0, 0.05) is 30.6 Å². The molecule has 5 nitrogen and oxygen atoms in total. The van der Waals surface area contributed by atoms with Gasteiger partial charge in [0.25, 0.3) is 0 Å². The molecular formula is C21H25ClN2O3S. The zero-order valence-electron chi connectivity index (χ0n) is 15.7. The summed E-state index contributed by atoms with van der Waals surface area (Å²) in [7, 11) is -3.58. The van der Waals surface area contributed by atoms with Crippen molar-refractivity contribution >= 4 is 27.5 Å². The molecule has 1 amide bonds. The molecule has 1 fully saturated rings. The van der Waals surface area contributed by atoms with Crippen molar-refractivity contribution in [1.82, 2.24) is 9.62 Å². The summed E-state index contributed by atoms with van der Waals surface area (Å²) in [4.78, 5) is 12.7. The van der Waals surface area contributed by atoms with Gasteiger partial charge in [-0.2, -0.15) is 4.31 Å². The van der Waals surface area contributed by atoms with Crippen molar-refractivity contribution in [2.75, 3.05) is 13.1 Å². The lowest BCUT2D eigenvalue weighted by atomic mass is 10.0. The number of nitrogens with zero attached hydrogens (tertiary/aromatic N) is 1. The van der Waals surface area contributed by atoms with Crippen LogP contribution in [0.3, 0.4) is 0 Å². The Morgan fingerprint density at radius 2 is 1.79 bits per heavy atom. The second-order valence-electron chi connectivity index (χ2n) is 7.01. The number of carbonyl (C=O) groups excluding carboxylic acids is 1. The molecule has 0 aliphatic carbocycles. The summed E-state index contributed by atoms with van der Waals surface area (Å²) in [6, 6.07) is 15.7. The molecule has 7 heteroatoms. The lowest BCUT2D eigenvalue weighted by molar-refractivity contribution is -0.122. The van der Waals surface area contributed by atoms with E-state index in [9.17, 15) is 13.2 Å². The molecule has 1 unspecified atom stereocenters. The van der Waals surface area contributed by atoms with Gasteiger partial charge in [0.05, 0.1) is 4.90 Å². The van der Waals surface area contributed by atoms with E-state index in [4.69, 9.17) is 11.6 Å². The zero-order chi connectivity index (χ0) is 20.0. The maximum absolute atomic E-state index is 13.0. The average Bonchev–Trinajstić information content (AvgIpc) is 2.70. The Bertz CT molecular complexity index is 886. The van der Waals surface area contributed by atoms with E-state index < -0.39 is 10.0 Å². The van der Waals surface area contributed by atoms with Gasteiger partial charge >= 0.3 is 0 Å². The van der Waals surface area contributed by atoms with E-state index in [1.807, 2.05) is 24.3 Å². The van der Waals surface area contributed by atoms with Gasteiger partial charge in [-0.15, -0.1) is 0 Å². The molecule has 1 aliphatic rings. The Hall–Kier alpha value is -1.89. The zero-order valence-corrected chi connectivity index (χ0v) is 17.3. The Morgan fingerprint density at radius 3 is 2.50 bits per heavy atom. The maximum atomic E-state index is 13.0. The summed E-state index contributed by atoms with van der Waals surface area (Å²) < 4.78 is 27.5. The van der Waals surface area contributed by atoms with Crippen LogP contribution in [0.25, 0.3) is 0 Å². The number of carbonyl (C=O) groups is 1. The van der Waals surface area contributed by atoms with Crippen LogP contribution in [0, 0.1) is 0 Å². The van der Waals surface area contributed by atoms with Crippen molar-refractivity contribution in [1.29, 1.82) is 0 Å². The summed E-state index contributed by atoms with van der Waals surface area (Å²) >= 11 is 5.88. The largest absolute Gasteiger partial charge is 0.356 e. The summed E-state index contributed by atoms with van der Waals surface area (Å²) in [6.07, 6.45) is 3.35. The van der Waals surface area contributed by atoms with Crippen LogP contribution < -0.4 is 5.32 Å². The standard InChI is InChI=1S/C21H25ClN2O3S/c22-18-11-9-17(10-12-18)13-14-23-21(25)16-19-6-4-5-15-24(19)28(26,27)20-7-2-1-3-8-20/h1-3,7-12,19H,4-6,13-16H2,(H,23,25). The van der Waals surface area contributed by atoms with Gasteiger partial charge in [-0.05, 0) is 49.1 Å². The minimum atomic E-state index is -3.58. The fraction of sp³-hybridized carbons (Fsp3) is 0.381. The first-order valence-electron chi connectivity index (χ1n) is 9.55. The number of hydrogen-bond donors (Lipinski definition) is 1. The molecule has 1 heterocycles. The van der Waals surface area contributed by atoms with Crippen LogP contribution >= 0.6 is 11.6 Å². The first kappa shape index (κ1) is 20.8. The van der Waals surface area contributed by atoms with E-state index in [2.05, 4.69) is 5.32 Å². The molecule has 1 aliphatic heterocycles. The van der Waals surface area contributed by atoms with Gasteiger partial charge in [-0.25, -0.2) is 8.42 Å². The molecule has 0 radical (unpaired) electrons. The summed E-state index contributed by atoms with van der Waals surface area (Å²) in [5.41, 5.74) is 1.09. The van der Waals surface area contributed by atoms with Gasteiger partial charge in [0.2, 0.25) is 15.9 Å². The Labute approximate surface area is 171 Å². The number of halogens is 1. The number of piperidine rings is 1. The topological polar surface area (TPSA) is 66.5 Å². The van der Waals surface area contributed by atoms with Crippen molar-refractivity contribution in [3.05, 3.63) is 65.2 Å². The highest BCUT2D eigenvalue weighted by Crippen LogP contribution is 2.27.